The zero-order chi connectivity index (χ0) is 59.1. The number of hydrogen-bond donors (Lipinski definition) is 2. The molecular formula is C72H127N2O6P. The molecular weight excluding hydrogens is 1020 g/mol. The summed E-state index contributed by atoms with van der Waals surface area (Å²) in [6, 6.07) is -0.894. The molecule has 3 unspecified atom stereocenters. The Hall–Kier alpha value is -3.10. The van der Waals surface area contributed by atoms with Crippen molar-refractivity contribution in [1.82, 2.24) is 5.32 Å². The van der Waals surface area contributed by atoms with E-state index >= 15 is 0 Å². The summed E-state index contributed by atoms with van der Waals surface area (Å²) in [6.07, 6.45) is 91.5. The van der Waals surface area contributed by atoms with Crippen LogP contribution in [0.5, 0.6) is 0 Å². The predicted octanol–water partition coefficient (Wildman–Crippen LogP) is 20.6. The number of rotatable bonds is 60. The van der Waals surface area contributed by atoms with Crippen LogP contribution in [0.25, 0.3) is 0 Å². The second kappa shape index (κ2) is 61.5. The van der Waals surface area contributed by atoms with Crippen molar-refractivity contribution >= 4 is 13.7 Å². The molecule has 0 heterocycles. The van der Waals surface area contributed by atoms with E-state index in [0.29, 0.717) is 17.4 Å². The number of unbranched alkanes of at least 4 members (excludes halogenated alkanes) is 29. The number of quaternary nitrogens is 1. The number of phosphoric acid groups is 1. The summed E-state index contributed by atoms with van der Waals surface area (Å²) in [5, 5.41) is 13.9. The third-order valence-corrected chi connectivity index (χ3v) is 15.4. The minimum Gasteiger partial charge on any atom is -0.756 e. The van der Waals surface area contributed by atoms with Crippen LogP contribution in [0.2, 0.25) is 0 Å². The van der Waals surface area contributed by atoms with Crippen molar-refractivity contribution in [2.75, 3.05) is 40.9 Å². The summed E-state index contributed by atoms with van der Waals surface area (Å²) < 4.78 is 23.4. The minimum atomic E-state index is -4.61. The van der Waals surface area contributed by atoms with Gasteiger partial charge in [0.15, 0.2) is 0 Å². The van der Waals surface area contributed by atoms with Crippen molar-refractivity contribution in [1.29, 1.82) is 0 Å². The van der Waals surface area contributed by atoms with Crippen LogP contribution in [0.1, 0.15) is 277 Å². The summed E-state index contributed by atoms with van der Waals surface area (Å²) in [6.45, 7) is 4.55. The standard InChI is InChI=1S/C72H127N2O6P/c1-6-8-10-12-14-16-18-20-22-24-26-27-28-29-30-31-32-33-34-35-36-37-38-39-40-41-42-43-44-45-46-47-48-50-52-54-56-58-60-62-64-66-72(76)73-70(69-80-81(77,78)79-68-67-74(3,4)5)71(75)65-63-61-59-57-55-53-51-49-25-23-21-19-17-15-13-11-9-7-2/h8,10,14,16,20,22,26-27,29-30,32-33,35-36,38-39,41-42,63,65,70-71,75H,6-7,9,11-13,15,17-19,21,23-25,28,31,34,37,40,43-62,64,66-69H2,1-5H3,(H-,73,76,77,78)/b10-8-,16-14-,22-20-,27-26-,30-29-,33-32-,36-35-,39-38-,42-41-,65-63+. The van der Waals surface area contributed by atoms with Gasteiger partial charge >= 0.3 is 0 Å². The summed E-state index contributed by atoms with van der Waals surface area (Å²) in [5.41, 5.74) is 0. The minimum absolute atomic E-state index is 0.00496. The number of aliphatic hydroxyl groups is 1. The highest BCUT2D eigenvalue weighted by atomic mass is 31.2. The van der Waals surface area contributed by atoms with Crippen LogP contribution in [-0.4, -0.2) is 68.5 Å². The maximum atomic E-state index is 13.0. The van der Waals surface area contributed by atoms with E-state index in [2.05, 4.69) is 129 Å². The fourth-order valence-electron chi connectivity index (χ4n) is 9.26. The molecule has 0 saturated carbocycles. The fourth-order valence-corrected chi connectivity index (χ4v) is 9.99. The molecule has 0 radical (unpaired) electrons. The van der Waals surface area contributed by atoms with Gasteiger partial charge in [-0.1, -0.05) is 302 Å². The lowest BCUT2D eigenvalue weighted by atomic mass is 10.0. The third-order valence-electron chi connectivity index (χ3n) is 14.4. The van der Waals surface area contributed by atoms with E-state index in [4.69, 9.17) is 9.05 Å². The van der Waals surface area contributed by atoms with E-state index in [1.165, 1.54) is 161 Å². The van der Waals surface area contributed by atoms with Gasteiger partial charge in [0.2, 0.25) is 5.91 Å². The molecule has 0 spiro atoms. The Morgan fingerprint density at radius 3 is 1.10 bits per heavy atom. The molecule has 0 aliphatic carbocycles. The number of aliphatic hydroxyl groups excluding tert-OH is 1. The van der Waals surface area contributed by atoms with Crippen LogP contribution in [0.4, 0.5) is 0 Å². The highest BCUT2D eigenvalue weighted by molar-refractivity contribution is 7.45. The molecule has 1 amide bonds. The Balaban J connectivity index is 4.06. The van der Waals surface area contributed by atoms with Crippen molar-refractivity contribution in [2.24, 2.45) is 0 Å². The van der Waals surface area contributed by atoms with Crippen LogP contribution >= 0.6 is 7.82 Å². The SMILES string of the molecule is CC/C=C\C/C=C\C/C=C\C/C=C\C/C=C\C/C=C\C/C=C\C/C=C\C/C=C\CCCCCCCCCCCCCCCC(=O)NC(COP(=O)([O-])OCC[N+](C)(C)C)C(O)/C=C/CCCCCCCCCCCCCCCCCC. The number of amides is 1. The zero-order valence-corrected chi connectivity index (χ0v) is 54.1. The second-order valence-electron chi connectivity index (χ2n) is 23.4. The normalized spacial score (nSPS) is 14.5. The van der Waals surface area contributed by atoms with Gasteiger partial charge in [-0.05, 0) is 89.9 Å². The molecule has 0 aliphatic heterocycles. The first-order chi connectivity index (χ1) is 39.5. The topological polar surface area (TPSA) is 108 Å². The van der Waals surface area contributed by atoms with Gasteiger partial charge in [-0.15, -0.1) is 0 Å². The van der Waals surface area contributed by atoms with Crippen molar-refractivity contribution in [3.05, 3.63) is 122 Å². The van der Waals surface area contributed by atoms with E-state index < -0.39 is 20.0 Å². The molecule has 2 N–H and O–H groups in total. The first kappa shape index (κ1) is 77.9. The number of nitrogens with one attached hydrogen (secondary N) is 1. The average Bonchev–Trinajstić information content (AvgIpc) is 3.43. The molecule has 3 atom stereocenters. The lowest BCUT2D eigenvalue weighted by molar-refractivity contribution is -0.870. The van der Waals surface area contributed by atoms with Crippen molar-refractivity contribution < 1.29 is 32.9 Å². The van der Waals surface area contributed by atoms with Gasteiger partial charge < -0.3 is 28.8 Å². The molecule has 0 aliphatic rings. The van der Waals surface area contributed by atoms with Crippen LogP contribution in [0.15, 0.2) is 122 Å². The third kappa shape index (κ3) is 64.3. The number of phosphoric ester groups is 1. The van der Waals surface area contributed by atoms with Crippen molar-refractivity contribution in [3.63, 3.8) is 0 Å². The van der Waals surface area contributed by atoms with Crippen molar-refractivity contribution in [2.45, 2.75) is 289 Å². The van der Waals surface area contributed by atoms with Gasteiger partial charge in [0.05, 0.1) is 39.9 Å². The summed E-state index contributed by atoms with van der Waals surface area (Å²) in [7, 11) is 1.26. The molecule has 8 nitrogen and oxygen atoms in total. The van der Waals surface area contributed by atoms with E-state index in [-0.39, 0.29) is 19.1 Å². The predicted molar refractivity (Wildman–Crippen MR) is 352 cm³/mol. The molecule has 0 aromatic carbocycles. The monoisotopic (exact) mass is 1150 g/mol. The van der Waals surface area contributed by atoms with Gasteiger partial charge in [0.1, 0.15) is 13.2 Å². The van der Waals surface area contributed by atoms with Crippen LogP contribution in [0, 0.1) is 0 Å². The largest absolute Gasteiger partial charge is 0.756 e. The number of hydrogen-bond acceptors (Lipinski definition) is 6. The highest BCUT2D eigenvalue weighted by Gasteiger charge is 2.23. The van der Waals surface area contributed by atoms with Crippen LogP contribution < -0.4 is 10.2 Å². The molecule has 0 saturated heterocycles. The molecule has 0 rings (SSSR count). The van der Waals surface area contributed by atoms with Crippen LogP contribution in [-0.2, 0) is 18.4 Å². The van der Waals surface area contributed by atoms with E-state index in [1.807, 2.05) is 27.2 Å². The van der Waals surface area contributed by atoms with Gasteiger partial charge in [-0.3, -0.25) is 9.36 Å². The Kier molecular flexibility index (Phi) is 59.1. The molecule has 9 heteroatoms. The average molecular weight is 1150 g/mol. The number of likely N-dealkylation sites (N-methyl/N-ethyl adjacent to an activating group) is 1. The number of carbonyl (C=O) groups excluding carboxylic acids is 1. The lowest BCUT2D eigenvalue weighted by Crippen LogP contribution is -2.45. The van der Waals surface area contributed by atoms with E-state index in [9.17, 15) is 19.4 Å². The molecule has 0 aromatic heterocycles. The van der Waals surface area contributed by atoms with Crippen LogP contribution in [0.3, 0.4) is 0 Å². The lowest BCUT2D eigenvalue weighted by Gasteiger charge is -2.29. The van der Waals surface area contributed by atoms with Gasteiger partial charge in [0, 0.05) is 6.42 Å². The Morgan fingerprint density at radius 1 is 0.444 bits per heavy atom. The number of allylic oxidation sites excluding steroid dienone is 19. The first-order valence-electron chi connectivity index (χ1n) is 33.4. The highest BCUT2D eigenvalue weighted by Crippen LogP contribution is 2.38. The molecule has 81 heavy (non-hydrogen) atoms. The zero-order valence-electron chi connectivity index (χ0n) is 53.2. The van der Waals surface area contributed by atoms with Crippen molar-refractivity contribution in [3.8, 4) is 0 Å². The summed E-state index contributed by atoms with van der Waals surface area (Å²) in [5.74, 6) is -0.201. The summed E-state index contributed by atoms with van der Waals surface area (Å²) in [4.78, 5) is 25.6. The fraction of sp³-hybridized carbons (Fsp3) is 0.708. The quantitative estimate of drug-likeness (QED) is 0.0272. The molecule has 0 bridgehead atoms. The smallest absolute Gasteiger partial charge is 0.268 e. The van der Waals surface area contributed by atoms with Gasteiger partial charge in [-0.25, -0.2) is 0 Å². The Bertz CT molecular complexity index is 1730. The van der Waals surface area contributed by atoms with Gasteiger partial charge in [-0.2, -0.15) is 0 Å². The first-order valence-corrected chi connectivity index (χ1v) is 34.9. The summed E-state index contributed by atoms with van der Waals surface area (Å²) >= 11 is 0. The van der Waals surface area contributed by atoms with Gasteiger partial charge in [0.25, 0.3) is 7.82 Å². The van der Waals surface area contributed by atoms with E-state index in [1.54, 1.807) is 6.08 Å². The number of carbonyl (C=O) groups is 1. The maximum absolute atomic E-state index is 13.0. The number of nitrogens with zero attached hydrogens (tertiary/aromatic N) is 1. The second-order valence-corrected chi connectivity index (χ2v) is 24.9. The van der Waals surface area contributed by atoms with E-state index in [0.717, 1.165) is 96.3 Å². The molecule has 0 fully saturated rings. The molecule has 0 aromatic rings. The maximum Gasteiger partial charge on any atom is 0.268 e. The molecule has 466 valence electrons. The Labute approximate surface area is 501 Å². The Morgan fingerprint density at radius 2 is 0.753 bits per heavy atom.